The van der Waals surface area contributed by atoms with Crippen LogP contribution >= 0.6 is 11.6 Å². The molecule has 3 aromatic rings. The first-order chi connectivity index (χ1) is 11.1. The summed E-state index contributed by atoms with van der Waals surface area (Å²) in [6, 6.07) is 13.2. The maximum Gasteiger partial charge on any atom is 0.237 e. The number of halogens is 1. The summed E-state index contributed by atoms with van der Waals surface area (Å²) in [5, 5.41) is 9.82. The van der Waals surface area contributed by atoms with Gasteiger partial charge in [-0.3, -0.25) is 0 Å². The van der Waals surface area contributed by atoms with E-state index in [9.17, 15) is 0 Å². The predicted octanol–water partition coefficient (Wildman–Crippen LogP) is 5.43. The number of furan rings is 2. The van der Waals surface area contributed by atoms with E-state index in [4.69, 9.17) is 25.7 Å². The molecular weight excluding hydrogens is 312 g/mol. The number of aryl methyl sites for hydroxylation is 1. The quantitative estimate of drug-likeness (QED) is 0.603. The summed E-state index contributed by atoms with van der Waals surface area (Å²) in [4.78, 5) is 4.22. The van der Waals surface area contributed by atoms with Gasteiger partial charge in [0.15, 0.2) is 0 Å². The minimum Gasteiger partial charge on any atom is -0.455 e. The van der Waals surface area contributed by atoms with Crippen molar-refractivity contribution in [1.29, 1.82) is 5.26 Å². The summed E-state index contributed by atoms with van der Waals surface area (Å²) in [7, 11) is 0. The zero-order chi connectivity index (χ0) is 16.4. The third kappa shape index (κ3) is 3.05. The number of aliphatic imine (C=N–C) groups is 1. The highest BCUT2D eigenvalue weighted by Gasteiger charge is 2.13. The van der Waals surface area contributed by atoms with Crippen LogP contribution in [0.15, 0.2) is 50.2 Å². The van der Waals surface area contributed by atoms with Gasteiger partial charge >= 0.3 is 0 Å². The average Bonchev–Trinajstić information content (AvgIpc) is 3.11. The van der Waals surface area contributed by atoms with Gasteiger partial charge in [-0.15, -0.1) is 0 Å². The predicted molar refractivity (Wildman–Crippen MR) is 89.3 cm³/mol. The van der Waals surface area contributed by atoms with Crippen LogP contribution in [0.2, 0.25) is 5.02 Å². The second-order valence-corrected chi connectivity index (χ2v) is 5.48. The number of hydrogen-bond acceptors (Lipinski definition) is 4. The van der Waals surface area contributed by atoms with Gasteiger partial charge < -0.3 is 8.83 Å². The Morgan fingerprint density at radius 1 is 1.17 bits per heavy atom. The molecule has 2 heterocycles. The molecule has 1 aromatic carbocycles. The van der Waals surface area contributed by atoms with Crippen LogP contribution in [0.5, 0.6) is 0 Å². The van der Waals surface area contributed by atoms with Crippen molar-refractivity contribution in [3.8, 4) is 17.4 Å². The molecule has 0 saturated heterocycles. The molecular formula is C18H13ClN2O2. The molecule has 0 aliphatic rings. The highest BCUT2D eigenvalue weighted by molar-refractivity contribution is 6.30. The first kappa shape index (κ1) is 15.1. The van der Waals surface area contributed by atoms with Gasteiger partial charge in [0, 0.05) is 16.1 Å². The Labute approximate surface area is 138 Å². The van der Waals surface area contributed by atoms with E-state index in [0.717, 1.165) is 11.1 Å². The van der Waals surface area contributed by atoms with E-state index in [1.807, 2.05) is 31.2 Å². The van der Waals surface area contributed by atoms with Crippen molar-refractivity contribution in [3.63, 3.8) is 0 Å². The smallest absolute Gasteiger partial charge is 0.237 e. The highest BCUT2D eigenvalue weighted by Crippen LogP contribution is 2.28. The van der Waals surface area contributed by atoms with Crippen molar-refractivity contribution in [2.45, 2.75) is 13.8 Å². The summed E-state index contributed by atoms with van der Waals surface area (Å²) in [5.41, 5.74) is 2.14. The molecule has 0 atom stereocenters. The molecule has 0 fully saturated rings. The van der Waals surface area contributed by atoms with Gasteiger partial charge in [0.2, 0.25) is 5.88 Å². The summed E-state index contributed by atoms with van der Waals surface area (Å²) >= 11 is 5.98. The Hall–Kier alpha value is -2.77. The maximum absolute atomic E-state index is 9.17. The first-order valence-corrected chi connectivity index (χ1v) is 7.36. The number of benzene rings is 1. The molecule has 0 spiro atoms. The Morgan fingerprint density at radius 2 is 2.00 bits per heavy atom. The fourth-order valence-electron chi connectivity index (χ4n) is 2.17. The Morgan fingerprint density at radius 3 is 2.74 bits per heavy atom. The number of rotatable bonds is 3. The van der Waals surface area contributed by atoms with Gasteiger partial charge in [-0.05, 0) is 38.1 Å². The second kappa shape index (κ2) is 6.15. The van der Waals surface area contributed by atoms with Crippen LogP contribution in [0, 0.1) is 25.2 Å². The fourth-order valence-corrected chi connectivity index (χ4v) is 2.36. The van der Waals surface area contributed by atoms with Gasteiger partial charge in [0.05, 0.1) is 6.21 Å². The van der Waals surface area contributed by atoms with Gasteiger partial charge in [-0.25, -0.2) is 4.99 Å². The van der Waals surface area contributed by atoms with Crippen molar-refractivity contribution >= 4 is 23.7 Å². The van der Waals surface area contributed by atoms with Crippen LogP contribution < -0.4 is 0 Å². The maximum atomic E-state index is 9.17. The van der Waals surface area contributed by atoms with E-state index < -0.39 is 0 Å². The molecule has 0 N–H and O–H groups in total. The molecule has 0 saturated carbocycles. The van der Waals surface area contributed by atoms with Crippen molar-refractivity contribution in [2.75, 3.05) is 0 Å². The number of nitriles is 1. The molecule has 3 rings (SSSR count). The largest absolute Gasteiger partial charge is 0.455 e. The molecule has 0 aliphatic carbocycles. The molecule has 0 aliphatic heterocycles. The van der Waals surface area contributed by atoms with Gasteiger partial charge in [-0.2, -0.15) is 5.26 Å². The zero-order valence-corrected chi connectivity index (χ0v) is 13.4. The fraction of sp³-hybridized carbons (Fsp3) is 0.111. The zero-order valence-electron chi connectivity index (χ0n) is 12.6. The number of nitrogens with zero attached hydrogens (tertiary/aromatic N) is 2. The second-order valence-electron chi connectivity index (χ2n) is 5.05. The standard InChI is InChI=1S/C18H13ClN2O2/c1-11-12(2)22-18(16(11)9-20)21-10-15-6-7-17(23-15)13-4-3-5-14(19)8-13/h3-8,10H,1-2H3. The Bertz CT molecular complexity index is 929. The van der Waals surface area contributed by atoms with E-state index in [1.54, 1.807) is 19.1 Å². The lowest BCUT2D eigenvalue weighted by Gasteiger charge is -1.96. The molecule has 5 heteroatoms. The lowest BCUT2D eigenvalue weighted by Crippen LogP contribution is -1.77. The Balaban J connectivity index is 1.88. The van der Waals surface area contributed by atoms with Crippen LogP contribution in [-0.4, -0.2) is 6.21 Å². The molecule has 0 unspecified atom stereocenters. The minimum atomic E-state index is 0.295. The third-order valence-corrected chi connectivity index (χ3v) is 3.76. The summed E-state index contributed by atoms with van der Waals surface area (Å²) in [5.74, 6) is 2.24. The Kier molecular flexibility index (Phi) is 4.05. The normalized spacial score (nSPS) is 11.0. The monoisotopic (exact) mass is 324 g/mol. The van der Waals surface area contributed by atoms with Gasteiger partial charge in [0.25, 0.3) is 0 Å². The number of hydrogen-bond donors (Lipinski definition) is 0. The van der Waals surface area contributed by atoms with E-state index in [0.29, 0.717) is 33.8 Å². The molecule has 4 nitrogen and oxygen atoms in total. The topological polar surface area (TPSA) is 62.4 Å². The summed E-state index contributed by atoms with van der Waals surface area (Å²) in [6.07, 6.45) is 1.53. The molecule has 2 aromatic heterocycles. The summed E-state index contributed by atoms with van der Waals surface area (Å²) in [6.45, 7) is 3.64. The van der Waals surface area contributed by atoms with Crippen molar-refractivity contribution < 1.29 is 8.83 Å². The average molecular weight is 325 g/mol. The molecule has 114 valence electrons. The van der Waals surface area contributed by atoms with Crippen LogP contribution in [0.25, 0.3) is 11.3 Å². The van der Waals surface area contributed by atoms with Crippen LogP contribution in [0.4, 0.5) is 5.88 Å². The molecule has 0 amide bonds. The molecule has 23 heavy (non-hydrogen) atoms. The van der Waals surface area contributed by atoms with E-state index in [2.05, 4.69) is 11.1 Å². The van der Waals surface area contributed by atoms with Crippen LogP contribution in [0.3, 0.4) is 0 Å². The van der Waals surface area contributed by atoms with E-state index in [-0.39, 0.29) is 0 Å². The highest BCUT2D eigenvalue weighted by atomic mass is 35.5. The van der Waals surface area contributed by atoms with Gasteiger partial charge in [-0.1, -0.05) is 23.7 Å². The van der Waals surface area contributed by atoms with Gasteiger partial charge in [0.1, 0.15) is 28.9 Å². The first-order valence-electron chi connectivity index (χ1n) is 6.98. The summed E-state index contributed by atoms with van der Waals surface area (Å²) < 4.78 is 11.2. The lowest BCUT2D eigenvalue weighted by molar-refractivity contribution is 0.540. The molecule has 0 radical (unpaired) electrons. The van der Waals surface area contributed by atoms with Crippen molar-refractivity contribution in [1.82, 2.24) is 0 Å². The van der Waals surface area contributed by atoms with Crippen molar-refractivity contribution in [3.05, 3.63) is 64.1 Å². The minimum absolute atomic E-state index is 0.295. The molecule has 0 bridgehead atoms. The van der Waals surface area contributed by atoms with E-state index >= 15 is 0 Å². The van der Waals surface area contributed by atoms with Crippen LogP contribution in [0.1, 0.15) is 22.6 Å². The SMILES string of the molecule is Cc1oc(N=Cc2ccc(-c3cccc(Cl)c3)o2)c(C#N)c1C. The van der Waals surface area contributed by atoms with Crippen LogP contribution in [-0.2, 0) is 0 Å². The third-order valence-electron chi connectivity index (χ3n) is 3.52. The lowest BCUT2D eigenvalue weighted by atomic mass is 10.2. The van der Waals surface area contributed by atoms with Crippen molar-refractivity contribution in [2.24, 2.45) is 4.99 Å². The van der Waals surface area contributed by atoms with E-state index in [1.165, 1.54) is 6.21 Å².